The van der Waals surface area contributed by atoms with Crippen LogP contribution in [0.15, 0.2) is 24.3 Å². The van der Waals surface area contributed by atoms with Crippen molar-refractivity contribution in [2.24, 2.45) is 0 Å². The number of amides is 1. The first-order chi connectivity index (χ1) is 10.6. The molecule has 0 bridgehead atoms. The maximum absolute atomic E-state index is 12.4. The summed E-state index contributed by atoms with van der Waals surface area (Å²) in [5.74, 6) is 0.0997. The van der Waals surface area contributed by atoms with Gasteiger partial charge in [-0.1, -0.05) is 18.6 Å². The number of carbonyl (C=O) groups excluding carboxylic acids is 1. The average molecular weight is 301 g/mol. The summed E-state index contributed by atoms with van der Waals surface area (Å²) in [6.07, 6.45) is 4.04. The van der Waals surface area contributed by atoms with Gasteiger partial charge in [0.25, 0.3) is 0 Å². The molecule has 0 aromatic heterocycles. The zero-order valence-corrected chi connectivity index (χ0v) is 13.7. The molecule has 0 unspecified atom stereocenters. The van der Waals surface area contributed by atoms with E-state index in [1.165, 1.54) is 37.9 Å². The lowest BCUT2D eigenvalue weighted by Crippen LogP contribution is -2.64. The van der Waals surface area contributed by atoms with Gasteiger partial charge in [-0.15, -0.1) is 0 Å². The molecule has 0 saturated carbocycles. The Labute approximate surface area is 133 Å². The molecule has 1 aromatic rings. The van der Waals surface area contributed by atoms with Gasteiger partial charge in [0.1, 0.15) is 0 Å². The van der Waals surface area contributed by atoms with E-state index in [2.05, 4.69) is 15.1 Å². The predicted molar refractivity (Wildman–Crippen MR) is 90.1 cm³/mol. The maximum Gasteiger partial charge on any atom is 0.241 e. The fraction of sp³-hybridized carbons (Fsp3) is 0.611. The van der Waals surface area contributed by atoms with Crippen LogP contribution in [0, 0.1) is 6.92 Å². The van der Waals surface area contributed by atoms with Gasteiger partial charge in [0.15, 0.2) is 0 Å². The number of hydrogen-bond donors (Lipinski definition) is 1. The molecule has 1 atom stereocenters. The Morgan fingerprint density at radius 2 is 1.95 bits per heavy atom. The number of hydrogen-bond acceptors (Lipinski definition) is 3. The van der Waals surface area contributed by atoms with E-state index >= 15 is 0 Å². The molecule has 1 N–H and O–H groups in total. The van der Waals surface area contributed by atoms with Crippen LogP contribution in [-0.2, 0) is 4.79 Å². The molecule has 3 rings (SSSR count). The minimum absolute atomic E-state index is 0.0541. The lowest BCUT2D eigenvalue weighted by molar-refractivity contribution is -0.124. The van der Waals surface area contributed by atoms with Crippen LogP contribution in [0.2, 0.25) is 0 Å². The van der Waals surface area contributed by atoms with Crippen LogP contribution in [0.1, 0.15) is 31.7 Å². The molecule has 2 heterocycles. The summed E-state index contributed by atoms with van der Waals surface area (Å²) in [4.78, 5) is 17.3. The van der Waals surface area contributed by atoms with Gasteiger partial charge in [-0.2, -0.15) is 0 Å². The Hall–Kier alpha value is -1.39. The monoisotopic (exact) mass is 301 g/mol. The summed E-state index contributed by atoms with van der Waals surface area (Å²) in [6.45, 7) is 8.59. The van der Waals surface area contributed by atoms with Crippen molar-refractivity contribution in [2.45, 2.75) is 45.2 Å². The van der Waals surface area contributed by atoms with Crippen LogP contribution in [0.5, 0.6) is 0 Å². The number of piperidine rings is 1. The van der Waals surface area contributed by atoms with Crippen molar-refractivity contribution in [3.63, 3.8) is 0 Å². The molecule has 22 heavy (non-hydrogen) atoms. The van der Waals surface area contributed by atoms with Gasteiger partial charge >= 0.3 is 0 Å². The highest BCUT2D eigenvalue weighted by atomic mass is 16.2. The van der Waals surface area contributed by atoms with Crippen LogP contribution in [0.25, 0.3) is 0 Å². The first kappa shape index (κ1) is 15.5. The number of benzene rings is 1. The molecule has 120 valence electrons. The van der Waals surface area contributed by atoms with E-state index in [0.29, 0.717) is 6.04 Å². The molecule has 0 spiro atoms. The van der Waals surface area contributed by atoms with Crippen molar-refractivity contribution in [1.82, 2.24) is 9.80 Å². The molecule has 2 aliphatic heterocycles. The first-order valence-electron chi connectivity index (χ1n) is 8.49. The van der Waals surface area contributed by atoms with Crippen molar-refractivity contribution < 1.29 is 4.79 Å². The quantitative estimate of drug-likeness (QED) is 0.928. The average Bonchev–Trinajstić information content (AvgIpc) is 2.46. The van der Waals surface area contributed by atoms with Crippen LogP contribution in [-0.4, -0.2) is 54.0 Å². The number of aryl methyl sites for hydroxylation is 1. The van der Waals surface area contributed by atoms with Crippen molar-refractivity contribution in [1.29, 1.82) is 0 Å². The molecule has 1 amide bonds. The van der Waals surface area contributed by atoms with Crippen LogP contribution in [0.3, 0.4) is 0 Å². The van der Waals surface area contributed by atoms with Gasteiger partial charge in [0.05, 0.1) is 6.04 Å². The van der Waals surface area contributed by atoms with Crippen molar-refractivity contribution in [2.75, 3.05) is 31.5 Å². The maximum atomic E-state index is 12.4. The van der Waals surface area contributed by atoms with Crippen molar-refractivity contribution >= 4 is 11.6 Å². The summed E-state index contributed by atoms with van der Waals surface area (Å²) in [5.41, 5.74) is 2.06. The topological polar surface area (TPSA) is 35.6 Å². The Morgan fingerprint density at radius 1 is 1.23 bits per heavy atom. The Balaban J connectivity index is 1.48. The molecule has 4 nitrogen and oxygen atoms in total. The Morgan fingerprint density at radius 3 is 2.64 bits per heavy atom. The van der Waals surface area contributed by atoms with E-state index in [1.54, 1.807) is 0 Å². The number of rotatable bonds is 4. The molecule has 0 radical (unpaired) electrons. The number of carbonyl (C=O) groups is 1. The number of anilines is 1. The lowest BCUT2D eigenvalue weighted by Gasteiger charge is -2.48. The molecule has 4 heteroatoms. The van der Waals surface area contributed by atoms with Crippen molar-refractivity contribution in [3.05, 3.63) is 29.8 Å². The molecule has 2 saturated heterocycles. The number of likely N-dealkylation sites (tertiary alicyclic amines) is 2. The van der Waals surface area contributed by atoms with Crippen LogP contribution < -0.4 is 5.32 Å². The SMILES string of the molecule is Cc1cccc(NC(=O)[C@H](C)N2CC(N3CCCCC3)C2)c1. The van der Waals surface area contributed by atoms with Gasteiger partial charge < -0.3 is 5.32 Å². The fourth-order valence-electron chi connectivity index (χ4n) is 3.45. The zero-order chi connectivity index (χ0) is 15.5. The molecule has 2 fully saturated rings. The van der Waals surface area contributed by atoms with E-state index in [0.717, 1.165) is 18.8 Å². The summed E-state index contributed by atoms with van der Waals surface area (Å²) in [5, 5.41) is 3.03. The van der Waals surface area contributed by atoms with Gasteiger partial charge in [-0.25, -0.2) is 0 Å². The molecule has 1 aromatic carbocycles. The molecular formula is C18H27N3O. The van der Waals surface area contributed by atoms with Gasteiger partial charge in [0.2, 0.25) is 5.91 Å². The van der Waals surface area contributed by atoms with E-state index < -0.39 is 0 Å². The van der Waals surface area contributed by atoms with Crippen molar-refractivity contribution in [3.8, 4) is 0 Å². The second-order valence-corrected chi connectivity index (χ2v) is 6.74. The number of nitrogens with one attached hydrogen (secondary N) is 1. The van der Waals surface area contributed by atoms with Crippen LogP contribution >= 0.6 is 0 Å². The van der Waals surface area contributed by atoms with E-state index in [9.17, 15) is 4.79 Å². The standard InChI is InChI=1S/C18H27N3O/c1-14-7-6-8-16(11-14)19-18(22)15(2)21-12-17(13-21)20-9-4-3-5-10-20/h6-8,11,15,17H,3-5,9-10,12-13H2,1-2H3,(H,19,22)/t15-/m0/s1. The van der Waals surface area contributed by atoms with E-state index in [4.69, 9.17) is 0 Å². The fourth-order valence-corrected chi connectivity index (χ4v) is 3.45. The minimum Gasteiger partial charge on any atom is -0.325 e. The third kappa shape index (κ3) is 3.50. The third-order valence-corrected chi connectivity index (χ3v) is 5.01. The Kier molecular flexibility index (Phi) is 4.79. The normalized spacial score (nSPS) is 22.1. The number of nitrogens with zero attached hydrogens (tertiary/aromatic N) is 2. The molecular weight excluding hydrogens is 274 g/mol. The lowest BCUT2D eigenvalue weighted by atomic mass is 10.0. The smallest absolute Gasteiger partial charge is 0.241 e. The summed E-state index contributed by atoms with van der Waals surface area (Å²) in [6, 6.07) is 8.58. The van der Waals surface area contributed by atoms with Gasteiger partial charge in [-0.05, 0) is 57.5 Å². The molecule has 0 aliphatic carbocycles. The summed E-state index contributed by atoms with van der Waals surface area (Å²) < 4.78 is 0. The van der Waals surface area contributed by atoms with Crippen LogP contribution in [0.4, 0.5) is 5.69 Å². The highest BCUT2D eigenvalue weighted by Gasteiger charge is 2.36. The second kappa shape index (κ2) is 6.80. The summed E-state index contributed by atoms with van der Waals surface area (Å²) >= 11 is 0. The van der Waals surface area contributed by atoms with Gasteiger partial charge in [0, 0.05) is 24.8 Å². The zero-order valence-electron chi connectivity index (χ0n) is 13.7. The van der Waals surface area contributed by atoms with E-state index in [-0.39, 0.29) is 11.9 Å². The first-order valence-corrected chi connectivity index (χ1v) is 8.49. The molecule has 2 aliphatic rings. The van der Waals surface area contributed by atoms with E-state index in [1.807, 2.05) is 38.1 Å². The minimum atomic E-state index is -0.0541. The second-order valence-electron chi connectivity index (χ2n) is 6.74. The third-order valence-electron chi connectivity index (χ3n) is 5.01. The highest BCUT2D eigenvalue weighted by molar-refractivity contribution is 5.94. The highest BCUT2D eigenvalue weighted by Crippen LogP contribution is 2.22. The summed E-state index contributed by atoms with van der Waals surface area (Å²) in [7, 11) is 0. The van der Waals surface area contributed by atoms with Gasteiger partial charge in [-0.3, -0.25) is 14.6 Å². The largest absolute Gasteiger partial charge is 0.325 e. The predicted octanol–water partition coefficient (Wildman–Crippen LogP) is 2.49. The Bertz CT molecular complexity index is 519.